The van der Waals surface area contributed by atoms with Crippen molar-refractivity contribution in [3.05, 3.63) is 48.0 Å². The Morgan fingerprint density at radius 1 is 1.18 bits per heavy atom. The van der Waals surface area contributed by atoms with Crippen LogP contribution in [0.3, 0.4) is 0 Å². The van der Waals surface area contributed by atoms with Crippen LogP contribution in [-0.4, -0.2) is 23.3 Å². The van der Waals surface area contributed by atoms with Crippen LogP contribution in [0.5, 0.6) is 0 Å². The van der Waals surface area contributed by atoms with Crippen molar-refractivity contribution in [2.24, 2.45) is 0 Å². The third-order valence-corrected chi connectivity index (χ3v) is 2.68. The predicted molar refractivity (Wildman–Crippen MR) is 60.6 cm³/mol. The lowest BCUT2D eigenvalue weighted by molar-refractivity contribution is -0.156. The second kappa shape index (κ2) is 4.65. The van der Waals surface area contributed by atoms with Gasteiger partial charge in [-0.05, 0) is 5.56 Å². The van der Waals surface area contributed by atoms with Gasteiger partial charge in [0.25, 0.3) is 5.91 Å². The van der Waals surface area contributed by atoms with Gasteiger partial charge in [-0.25, -0.2) is 0 Å². The van der Waals surface area contributed by atoms with Crippen LogP contribution in [0.15, 0.2) is 42.5 Å². The van der Waals surface area contributed by atoms with E-state index in [1.54, 1.807) is 6.08 Å². The van der Waals surface area contributed by atoms with Gasteiger partial charge < -0.3 is 4.90 Å². The number of nitrogens with zero attached hydrogens (tertiary/aromatic N) is 1. The van der Waals surface area contributed by atoms with Gasteiger partial charge >= 0.3 is 5.92 Å². The van der Waals surface area contributed by atoms with E-state index < -0.39 is 18.3 Å². The molecular formula is C13H13F2NO. The maximum absolute atomic E-state index is 13.4. The molecule has 0 saturated carbocycles. The van der Waals surface area contributed by atoms with Crippen LogP contribution >= 0.6 is 0 Å². The molecule has 1 aliphatic rings. The van der Waals surface area contributed by atoms with Gasteiger partial charge in [0, 0.05) is 19.5 Å². The Balaban J connectivity index is 2.15. The number of benzene rings is 1. The Hall–Kier alpha value is -1.71. The summed E-state index contributed by atoms with van der Waals surface area (Å²) in [6.45, 7) is 0.461. The van der Waals surface area contributed by atoms with Crippen LogP contribution in [0.25, 0.3) is 0 Å². The van der Waals surface area contributed by atoms with Gasteiger partial charge in [-0.15, -0.1) is 0 Å². The molecule has 2 rings (SSSR count). The summed E-state index contributed by atoms with van der Waals surface area (Å²) in [7, 11) is 0. The highest BCUT2D eigenvalue weighted by atomic mass is 19.3. The number of hydrogen-bond donors (Lipinski definition) is 0. The first-order chi connectivity index (χ1) is 8.09. The van der Waals surface area contributed by atoms with Crippen LogP contribution < -0.4 is 0 Å². The molecule has 0 spiro atoms. The molecule has 1 aliphatic heterocycles. The van der Waals surface area contributed by atoms with Crippen molar-refractivity contribution in [3.63, 3.8) is 0 Å². The van der Waals surface area contributed by atoms with Crippen LogP contribution in [0.2, 0.25) is 0 Å². The molecule has 0 fully saturated rings. The van der Waals surface area contributed by atoms with Gasteiger partial charge in [-0.1, -0.05) is 42.5 Å². The summed E-state index contributed by atoms with van der Waals surface area (Å²) in [6.07, 6.45) is 2.47. The largest absolute Gasteiger partial charge is 0.329 e. The molecule has 1 amide bonds. The van der Waals surface area contributed by atoms with Crippen molar-refractivity contribution in [1.29, 1.82) is 0 Å². The first-order valence-electron chi connectivity index (χ1n) is 5.46. The van der Waals surface area contributed by atoms with Crippen LogP contribution in [0, 0.1) is 0 Å². The van der Waals surface area contributed by atoms with Crippen LogP contribution in [-0.2, 0) is 11.3 Å². The number of rotatable bonds is 2. The Kier molecular flexibility index (Phi) is 3.22. The van der Waals surface area contributed by atoms with E-state index in [0.717, 1.165) is 5.56 Å². The second-order valence-electron chi connectivity index (χ2n) is 4.05. The zero-order valence-corrected chi connectivity index (χ0v) is 9.27. The minimum Gasteiger partial charge on any atom is -0.329 e. The summed E-state index contributed by atoms with van der Waals surface area (Å²) < 4.78 is 26.7. The van der Waals surface area contributed by atoms with E-state index >= 15 is 0 Å². The molecule has 2 nitrogen and oxygen atoms in total. The number of halogens is 2. The van der Waals surface area contributed by atoms with Crippen molar-refractivity contribution >= 4 is 5.91 Å². The molecule has 0 unspecified atom stereocenters. The molecule has 1 aromatic carbocycles. The van der Waals surface area contributed by atoms with Gasteiger partial charge in [0.1, 0.15) is 0 Å². The maximum Gasteiger partial charge on any atom is 0.328 e. The lowest BCUT2D eigenvalue weighted by Gasteiger charge is -2.23. The smallest absolute Gasteiger partial charge is 0.328 e. The predicted octanol–water partition coefficient (Wildman–Crippen LogP) is 2.61. The Morgan fingerprint density at radius 3 is 2.59 bits per heavy atom. The number of carbonyl (C=O) groups is 1. The molecule has 0 atom stereocenters. The molecule has 17 heavy (non-hydrogen) atoms. The average Bonchev–Trinajstić information content (AvgIpc) is 2.44. The molecule has 4 heteroatoms. The fraction of sp³-hybridized carbons (Fsp3) is 0.308. The highest BCUT2D eigenvalue weighted by Gasteiger charge is 2.41. The molecular weight excluding hydrogens is 224 g/mol. The van der Waals surface area contributed by atoms with Crippen LogP contribution in [0.1, 0.15) is 12.0 Å². The maximum atomic E-state index is 13.4. The molecule has 0 bridgehead atoms. The van der Waals surface area contributed by atoms with Gasteiger partial charge in [-0.2, -0.15) is 8.78 Å². The summed E-state index contributed by atoms with van der Waals surface area (Å²) in [4.78, 5) is 12.8. The van der Waals surface area contributed by atoms with E-state index in [-0.39, 0.29) is 13.1 Å². The minimum absolute atomic E-state index is 0.222. The molecule has 0 saturated heterocycles. The molecule has 0 aliphatic carbocycles. The van der Waals surface area contributed by atoms with E-state index in [9.17, 15) is 13.6 Å². The van der Waals surface area contributed by atoms with E-state index in [1.807, 2.05) is 30.3 Å². The van der Waals surface area contributed by atoms with Crippen molar-refractivity contribution in [1.82, 2.24) is 4.90 Å². The monoisotopic (exact) mass is 237 g/mol. The van der Waals surface area contributed by atoms with Crippen molar-refractivity contribution < 1.29 is 13.6 Å². The van der Waals surface area contributed by atoms with Gasteiger partial charge in [0.05, 0.1) is 0 Å². The van der Waals surface area contributed by atoms with Crippen molar-refractivity contribution in [3.8, 4) is 0 Å². The summed E-state index contributed by atoms with van der Waals surface area (Å²) in [5.41, 5.74) is 0.854. The van der Waals surface area contributed by atoms with Gasteiger partial charge in [0.15, 0.2) is 0 Å². The molecule has 1 aromatic rings. The Morgan fingerprint density at radius 2 is 1.88 bits per heavy atom. The third-order valence-electron chi connectivity index (χ3n) is 2.68. The first kappa shape index (κ1) is 11.8. The molecule has 1 heterocycles. The lowest BCUT2D eigenvalue weighted by Crippen LogP contribution is -2.41. The quantitative estimate of drug-likeness (QED) is 0.724. The fourth-order valence-corrected chi connectivity index (χ4v) is 1.77. The lowest BCUT2D eigenvalue weighted by atomic mass is 10.2. The molecule has 0 aromatic heterocycles. The summed E-state index contributed by atoms with van der Waals surface area (Å²) >= 11 is 0. The van der Waals surface area contributed by atoms with E-state index in [1.165, 1.54) is 11.0 Å². The van der Waals surface area contributed by atoms with E-state index in [2.05, 4.69) is 0 Å². The highest BCUT2D eigenvalue weighted by Crippen LogP contribution is 2.25. The Labute approximate surface area is 98.5 Å². The normalized spacial score (nSPS) is 19.2. The van der Waals surface area contributed by atoms with Gasteiger partial charge in [0.2, 0.25) is 0 Å². The second-order valence-corrected chi connectivity index (χ2v) is 4.05. The number of allylic oxidation sites excluding steroid dienone is 1. The van der Waals surface area contributed by atoms with Crippen molar-refractivity contribution in [2.45, 2.75) is 18.9 Å². The number of hydrogen-bond acceptors (Lipinski definition) is 1. The van der Waals surface area contributed by atoms with E-state index in [0.29, 0.717) is 0 Å². The molecule has 0 N–H and O–H groups in total. The van der Waals surface area contributed by atoms with E-state index in [4.69, 9.17) is 0 Å². The van der Waals surface area contributed by atoms with Gasteiger partial charge in [-0.3, -0.25) is 4.79 Å². The topological polar surface area (TPSA) is 20.3 Å². The van der Waals surface area contributed by atoms with Crippen molar-refractivity contribution in [2.75, 3.05) is 6.54 Å². The number of amides is 1. The zero-order chi connectivity index (χ0) is 12.3. The first-order valence-corrected chi connectivity index (χ1v) is 5.46. The minimum atomic E-state index is -3.28. The Bertz CT molecular complexity index is 428. The highest BCUT2D eigenvalue weighted by molar-refractivity contribution is 5.84. The summed E-state index contributed by atoms with van der Waals surface area (Å²) in [5, 5.41) is 0. The number of alkyl halides is 2. The molecule has 0 radical (unpaired) electrons. The fourth-order valence-electron chi connectivity index (χ4n) is 1.77. The van der Waals surface area contributed by atoms with Crippen LogP contribution in [0.4, 0.5) is 8.78 Å². The molecule has 90 valence electrons. The summed E-state index contributed by atoms with van der Waals surface area (Å²) in [6, 6.07) is 9.14. The SMILES string of the molecule is O=C1N(Cc2ccccc2)CC=CCC1(F)F. The summed E-state index contributed by atoms with van der Waals surface area (Å²) in [5.74, 6) is -4.37. The average molecular weight is 237 g/mol. The number of carbonyl (C=O) groups excluding carboxylic acids is 1. The third kappa shape index (κ3) is 2.70. The standard InChI is InChI=1S/C13H13F2NO/c14-13(15)8-4-5-9-16(12(13)17)10-11-6-2-1-3-7-11/h1-7H,8-10H2. The zero-order valence-electron chi connectivity index (χ0n) is 9.27.